The fraction of sp³-hybridized carbons (Fsp3) is 0.371. The number of nitrogens with two attached hydrogens (primary N) is 1. The van der Waals surface area contributed by atoms with Crippen molar-refractivity contribution in [2.24, 2.45) is 0 Å². The first-order valence-corrected chi connectivity index (χ1v) is 22.7. The largest absolute Gasteiger partial charge is 0.472 e. The number of alkyl halides is 1. The molecule has 0 amide bonds. The molecule has 2 aromatic carbocycles. The van der Waals surface area contributed by atoms with Crippen molar-refractivity contribution in [1.82, 2.24) is 29.1 Å². The van der Waals surface area contributed by atoms with Gasteiger partial charge in [-0.2, -0.15) is 0 Å². The maximum atomic E-state index is 16.4. The molecule has 3 aliphatic rings. The van der Waals surface area contributed by atoms with Crippen LogP contribution in [0.15, 0.2) is 83.0 Å². The predicted octanol–water partition coefficient (Wildman–Crippen LogP) is 3.59. The summed E-state index contributed by atoms with van der Waals surface area (Å²) in [5, 5.41) is 0. The molecule has 3 fully saturated rings. The highest BCUT2D eigenvalue weighted by molar-refractivity contribution is 8.54. The topological polar surface area (TPSA) is 270 Å². The van der Waals surface area contributed by atoms with Gasteiger partial charge in [0.1, 0.15) is 48.1 Å². The third-order valence-electron chi connectivity index (χ3n) is 9.72. The molecule has 0 radical (unpaired) electrons. The first-order chi connectivity index (χ1) is 28.7. The van der Waals surface area contributed by atoms with Gasteiger partial charge in [-0.05, 0) is 48.1 Å². The molecule has 3 saturated heterocycles. The molecule has 6 heterocycles. The summed E-state index contributed by atoms with van der Waals surface area (Å²) in [7, 11) is -3.95. The Kier molecular flexibility index (Phi) is 11.9. The Balaban J connectivity index is 1.09. The van der Waals surface area contributed by atoms with Crippen molar-refractivity contribution in [2.45, 2.75) is 61.8 Å². The number of carbonyl (C=O) groups excluding carboxylic acids is 1. The Morgan fingerprint density at radius 3 is 2.43 bits per heavy atom. The number of aryl methyl sites for hydroxylation is 1. The molecule has 0 aliphatic carbocycles. The first kappa shape index (κ1) is 42.1. The summed E-state index contributed by atoms with van der Waals surface area (Å²) in [6, 6.07) is 14.3. The number of esters is 1. The van der Waals surface area contributed by atoms with Gasteiger partial charge < -0.3 is 29.6 Å². The number of carbonyl (C=O) groups is 1. The van der Waals surface area contributed by atoms with Crippen LogP contribution < -0.4 is 21.7 Å². The van der Waals surface area contributed by atoms with Crippen LogP contribution in [0, 0.1) is 6.92 Å². The van der Waals surface area contributed by atoms with Gasteiger partial charge in [-0.3, -0.25) is 37.0 Å². The molecule has 21 nitrogen and oxygen atoms in total. The molecule has 10 atom stereocenters. The highest BCUT2D eigenvalue weighted by atomic mass is 32.7. The zero-order valence-corrected chi connectivity index (χ0v) is 34.0. The third-order valence-corrected chi connectivity index (χ3v) is 14.4. The van der Waals surface area contributed by atoms with Crippen LogP contribution in [0.1, 0.15) is 33.9 Å². The average Bonchev–Trinajstić information content (AvgIpc) is 3.89. The number of phosphoric ester groups is 1. The van der Waals surface area contributed by atoms with E-state index in [0.717, 1.165) is 28.7 Å². The number of imidazole rings is 1. The number of phosphoric acid groups is 1. The summed E-state index contributed by atoms with van der Waals surface area (Å²) >= 11 is 0.695. The van der Waals surface area contributed by atoms with Crippen molar-refractivity contribution in [3.63, 3.8) is 0 Å². The van der Waals surface area contributed by atoms with E-state index in [9.17, 15) is 28.4 Å². The molecule has 60 heavy (non-hydrogen) atoms. The molecule has 4 N–H and O–H groups in total. The summed E-state index contributed by atoms with van der Waals surface area (Å²) in [4.78, 5) is 62.7. The smallest absolute Gasteiger partial charge is 0.423 e. The van der Waals surface area contributed by atoms with Gasteiger partial charge in [0.25, 0.3) is 5.56 Å². The lowest BCUT2D eigenvalue weighted by Gasteiger charge is -2.28. The van der Waals surface area contributed by atoms with Gasteiger partial charge in [-0.1, -0.05) is 29.8 Å². The van der Waals surface area contributed by atoms with Crippen LogP contribution in [-0.4, -0.2) is 96.9 Å². The van der Waals surface area contributed by atoms with Crippen LogP contribution in [0.3, 0.4) is 0 Å². The average molecular weight is 892 g/mol. The second-order valence-electron chi connectivity index (χ2n) is 13.7. The molecule has 8 rings (SSSR count). The molecule has 2 bridgehead atoms. The Bertz CT molecular complexity index is 2600. The Labute approximate surface area is 342 Å². The molecular weight excluding hydrogens is 855 g/mol. The van der Waals surface area contributed by atoms with Gasteiger partial charge in [0, 0.05) is 25.1 Å². The number of aromatic amines is 1. The van der Waals surface area contributed by atoms with E-state index in [1.54, 1.807) is 48.5 Å². The summed E-state index contributed by atoms with van der Waals surface area (Å²) in [5.74, 6) is -0.357. The molecule has 0 saturated carbocycles. The standard InChI is InChI=1S/C35H36FN7O14P2S/c1-18-3-7-20(8-4-18)34(45)53-21-9-5-19(6-10-21)15-60-59(49)52-13-22-25(36)28(32(54-22)43-17-40-26-30(37)38-16-39-31(26)43)56-58(47,48)51-14-23-27(57-59)29(50-2)33(55-23)42-12-11-24(44)41-35(42)46/h3-12,16-17,22-23,25,27-29,32-33H,13-15H2,1-2H3,(H,47,48)(H2,37,38,39)(H,41,44,46)/t22-,23-,25-,27-,28-,29-,32-,33-,59+/m1/s1. The Morgan fingerprint density at radius 2 is 1.70 bits per heavy atom. The van der Waals surface area contributed by atoms with Crippen LogP contribution in [0.25, 0.3) is 11.2 Å². The quantitative estimate of drug-likeness (QED) is 0.114. The van der Waals surface area contributed by atoms with Crippen molar-refractivity contribution < 1.29 is 60.3 Å². The predicted molar refractivity (Wildman–Crippen MR) is 208 cm³/mol. The maximum Gasteiger partial charge on any atom is 0.472 e. The highest BCUT2D eigenvalue weighted by Gasteiger charge is 2.55. The Morgan fingerprint density at radius 1 is 0.967 bits per heavy atom. The number of aromatic nitrogens is 6. The lowest BCUT2D eigenvalue weighted by atomic mass is 10.1. The third kappa shape index (κ3) is 8.74. The van der Waals surface area contributed by atoms with Gasteiger partial charge in [-0.25, -0.2) is 38.1 Å². The van der Waals surface area contributed by atoms with E-state index in [1.165, 1.54) is 18.0 Å². The van der Waals surface area contributed by atoms with Crippen molar-refractivity contribution in [3.05, 3.63) is 111 Å². The number of nitrogens with zero attached hydrogens (tertiary/aromatic N) is 5. The van der Waals surface area contributed by atoms with Crippen molar-refractivity contribution in [2.75, 3.05) is 26.1 Å². The van der Waals surface area contributed by atoms with E-state index in [4.69, 9.17) is 42.8 Å². The van der Waals surface area contributed by atoms with Crippen molar-refractivity contribution >= 4 is 49.0 Å². The summed E-state index contributed by atoms with van der Waals surface area (Å²) < 4.78 is 93.3. The van der Waals surface area contributed by atoms with Gasteiger partial charge in [0.05, 0.1) is 25.1 Å². The summed E-state index contributed by atoms with van der Waals surface area (Å²) in [6.07, 6.45) is -9.15. The van der Waals surface area contributed by atoms with E-state index in [0.29, 0.717) is 22.5 Å². The number of hydrogen-bond acceptors (Lipinski definition) is 18. The maximum absolute atomic E-state index is 16.4. The van der Waals surface area contributed by atoms with Crippen LogP contribution in [-0.2, 0) is 47.2 Å². The minimum absolute atomic E-state index is 0.000116. The number of hydrogen-bond donors (Lipinski definition) is 3. The molecule has 0 spiro atoms. The number of anilines is 1. The van der Waals surface area contributed by atoms with Gasteiger partial charge in [0.2, 0.25) is 0 Å². The van der Waals surface area contributed by atoms with Crippen LogP contribution in [0.2, 0.25) is 0 Å². The molecule has 318 valence electrons. The number of halogens is 1. The van der Waals surface area contributed by atoms with E-state index >= 15 is 4.39 Å². The zero-order valence-electron chi connectivity index (χ0n) is 31.4. The zero-order chi connectivity index (χ0) is 42.3. The molecule has 3 aliphatic heterocycles. The van der Waals surface area contributed by atoms with Crippen LogP contribution in [0.4, 0.5) is 10.2 Å². The fourth-order valence-electron chi connectivity index (χ4n) is 6.72. The lowest BCUT2D eigenvalue weighted by Crippen LogP contribution is -2.40. The number of ether oxygens (including phenoxy) is 4. The molecule has 25 heteroatoms. The van der Waals surface area contributed by atoms with Gasteiger partial charge in [0.15, 0.2) is 30.1 Å². The van der Waals surface area contributed by atoms with Crippen molar-refractivity contribution in [3.8, 4) is 5.75 Å². The minimum Gasteiger partial charge on any atom is -0.423 e. The van der Waals surface area contributed by atoms with E-state index in [-0.39, 0.29) is 28.5 Å². The molecule has 1 unspecified atom stereocenters. The second-order valence-corrected chi connectivity index (χ2v) is 19.1. The normalized spacial score (nSPS) is 30.9. The van der Waals surface area contributed by atoms with Gasteiger partial charge in [-0.15, -0.1) is 0 Å². The number of nitrogen functional groups attached to an aromatic ring is 1. The van der Waals surface area contributed by atoms with E-state index in [1.807, 2.05) is 6.92 Å². The number of H-pyrrole nitrogens is 1. The Hall–Kier alpha value is -4.64. The van der Waals surface area contributed by atoms with Crippen LogP contribution >= 0.6 is 26.0 Å². The monoisotopic (exact) mass is 891 g/mol. The van der Waals surface area contributed by atoms with Gasteiger partial charge >= 0.3 is 26.3 Å². The SMILES string of the molecule is CO[C@@H]1[C@@H]2O[P@@](=O)(SCc3ccc(OC(=O)c4ccc(C)cc4)cc3)OC[C@H]3O[C@@H](n4cnc5c(N)ncnc54)[C@H](OP(=O)(O)OC[C@H]2O[C@H]1n1ccc(=O)[nH]c1=O)[C@@H]3F. The lowest BCUT2D eigenvalue weighted by molar-refractivity contribution is -0.0677. The van der Waals surface area contributed by atoms with E-state index < -0.39 is 94.2 Å². The van der Waals surface area contributed by atoms with Crippen LogP contribution in [0.5, 0.6) is 5.75 Å². The minimum atomic E-state index is -5.20. The molecule has 5 aromatic rings. The number of fused-ring (bicyclic) bond motifs is 4. The fourth-order valence-corrected chi connectivity index (χ4v) is 11.0. The molecular formula is C35H36FN7O14P2S. The van der Waals surface area contributed by atoms with E-state index in [2.05, 4.69) is 19.9 Å². The first-order valence-electron chi connectivity index (χ1n) is 18.0. The number of benzene rings is 2. The summed E-state index contributed by atoms with van der Waals surface area (Å²) in [6.45, 7) is -4.16. The summed E-state index contributed by atoms with van der Waals surface area (Å²) in [5.41, 5.74) is 6.48. The highest BCUT2D eigenvalue weighted by Crippen LogP contribution is 2.64. The number of nitrogens with one attached hydrogen (secondary N) is 1. The van der Waals surface area contributed by atoms with Crippen molar-refractivity contribution in [1.29, 1.82) is 0 Å². The second kappa shape index (κ2) is 17.0. The number of methoxy groups -OCH3 is 1. The molecule has 3 aromatic heterocycles. The number of rotatable bonds is 8.